The molecule has 2 unspecified atom stereocenters. The van der Waals surface area contributed by atoms with Crippen molar-refractivity contribution in [3.05, 3.63) is 0 Å². The van der Waals surface area contributed by atoms with Crippen LogP contribution < -0.4 is 10.6 Å². The number of nitrogens with zero attached hydrogens (tertiary/aromatic N) is 1. The summed E-state index contributed by atoms with van der Waals surface area (Å²) in [4.78, 5) is 42.9. The maximum atomic E-state index is 14.1. The summed E-state index contributed by atoms with van der Waals surface area (Å²) < 4.78 is -1.03. The van der Waals surface area contributed by atoms with E-state index in [-0.39, 0.29) is 40.4 Å². The first kappa shape index (κ1) is 27.3. The smallest absolute Gasteiger partial charge is 0.244 e. The van der Waals surface area contributed by atoms with Crippen molar-refractivity contribution in [1.82, 2.24) is 15.5 Å². The van der Waals surface area contributed by atoms with E-state index in [0.29, 0.717) is 12.8 Å². The van der Waals surface area contributed by atoms with E-state index in [2.05, 4.69) is 52.2 Å². The quantitative estimate of drug-likeness (QED) is 0.481. The number of hydrogen-bond donors (Lipinski definition) is 3. The van der Waals surface area contributed by atoms with Crippen LogP contribution in [0, 0.1) is 23.2 Å². The van der Waals surface area contributed by atoms with Crippen molar-refractivity contribution < 1.29 is 19.5 Å². The summed E-state index contributed by atoms with van der Waals surface area (Å²) in [5, 5.41) is 16.4. The first-order chi connectivity index (χ1) is 15.5. The lowest BCUT2D eigenvalue weighted by Crippen LogP contribution is -2.60. The number of thioether (sulfide) groups is 1. The SMILES string of the molecule is CNC(=O)[C@@H]1[C@H]2C(=O)N([C@@H](CO)CC(C)C)C(C(=O)NC(C)(C)CC(C)(C)C)C23CC[C@@]1(C)S3. The van der Waals surface area contributed by atoms with Gasteiger partial charge in [-0.2, -0.15) is 0 Å². The first-order valence-electron chi connectivity index (χ1n) is 12.7. The van der Waals surface area contributed by atoms with Gasteiger partial charge in [0, 0.05) is 17.3 Å². The molecule has 2 bridgehead atoms. The van der Waals surface area contributed by atoms with Crippen LogP contribution in [-0.4, -0.2) is 68.5 Å². The molecule has 3 fully saturated rings. The van der Waals surface area contributed by atoms with Crippen LogP contribution >= 0.6 is 11.8 Å². The number of nitrogens with one attached hydrogen (secondary N) is 2. The number of rotatable bonds is 8. The zero-order valence-corrected chi connectivity index (χ0v) is 23.3. The highest BCUT2D eigenvalue weighted by atomic mass is 32.2. The van der Waals surface area contributed by atoms with E-state index in [1.807, 2.05) is 13.8 Å². The number of carbonyl (C=O) groups is 3. The lowest BCUT2D eigenvalue weighted by atomic mass is 9.66. The third kappa shape index (κ3) is 4.61. The van der Waals surface area contributed by atoms with Gasteiger partial charge in [-0.1, -0.05) is 34.6 Å². The highest BCUT2D eigenvalue weighted by Crippen LogP contribution is 2.71. The van der Waals surface area contributed by atoms with Gasteiger partial charge < -0.3 is 20.6 Å². The van der Waals surface area contributed by atoms with Gasteiger partial charge in [0.15, 0.2) is 0 Å². The van der Waals surface area contributed by atoms with Crippen molar-refractivity contribution in [2.24, 2.45) is 23.2 Å². The molecule has 3 N–H and O–H groups in total. The fourth-order valence-corrected chi connectivity index (χ4v) is 9.55. The molecule has 194 valence electrons. The fraction of sp³-hybridized carbons (Fsp3) is 0.885. The maximum Gasteiger partial charge on any atom is 0.244 e. The van der Waals surface area contributed by atoms with Crippen LogP contribution in [0.25, 0.3) is 0 Å². The van der Waals surface area contributed by atoms with Crippen LogP contribution in [-0.2, 0) is 14.4 Å². The summed E-state index contributed by atoms with van der Waals surface area (Å²) in [5.74, 6) is -1.24. The zero-order chi connectivity index (χ0) is 25.9. The second-order valence-corrected chi connectivity index (χ2v) is 15.1. The summed E-state index contributed by atoms with van der Waals surface area (Å²) in [6, 6.07) is -1.16. The Bertz CT molecular complexity index is 838. The number of carbonyl (C=O) groups excluding carboxylic acids is 3. The molecule has 34 heavy (non-hydrogen) atoms. The molecule has 3 aliphatic heterocycles. The number of hydrogen-bond acceptors (Lipinski definition) is 5. The fourth-order valence-electron chi connectivity index (χ4n) is 7.21. The van der Waals surface area contributed by atoms with Crippen molar-refractivity contribution in [1.29, 1.82) is 0 Å². The van der Waals surface area contributed by atoms with Crippen molar-refractivity contribution in [2.45, 2.75) is 108 Å². The predicted molar refractivity (Wildman–Crippen MR) is 136 cm³/mol. The number of aliphatic hydroxyl groups excluding tert-OH is 1. The number of amides is 3. The van der Waals surface area contributed by atoms with Crippen LogP contribution in [0.5, 0.6) is 0 Å². The van der Waals surface area contributed by atoms with Gasteiger partial charge in [-0.05, 0) is 57.8 Å². The van der Waals surface area contributed by atoms with Gasteiger partial charge >= 0.3 is 0 Å². The molecule has 6 atom stereocenters. The maximum absolute atomic E-state index is 14.1. The van der Waals surface area contributed by atoms with Gasteiger partial charge in [0.05, 0.1) is 29.2 Å². The molecular weight excluding hydrogens is 450 g/mol. The minimum atomic E-state index is -0.707. The Hall–Kier alpha value is -1.28. The third-order valence-corrected chi connectivity index (χ3v) is 9.76. The van der Waals surface area contributed by atoms with Crippen molar-refractivity contribution in [3.8, 4) is 0 Å². The van der Waals surface area contributed by atoms with Crippen LogP contribution in [0.3, 0.4) is 0 Å². The molecule has 3 heterocycles. The van der Waals surface area contributed by atoms with Gasteiger partial charge in [0.25, 0.3) is 0 Å². The average molecular weight is 496 g/mol. The first-order valence-corrected chi connectivity index (χ1v) is 13.5. The molecule has 3 rings (SSSR count). The Morgan fingerprint density at radius 1 is 1.18 bits per heavy atom. The summed E-state index contributed by atoms with van der Waals surface area (Å²) >= 11 is 1.67. The lowest BCUT2D eigenvalue weighted by molar-refractivity contribution is -0.143. The minimum Gasteiger partial charge on any atom is -0.394 e. The Morgan fingerprint density at radius 3 is 2.29 bits per heavy atom. The van der Waals surface area contributed by atoms with Gasteiger partial charge in [0.2, 0.25) is 17.7 Å². The van der Waals surface area contributed by atoms with Crippen molar-refractivity contribution >= 4 is 29.5 Å². The molecule has 3 aliphatic rings. The van der Waals surface area contributed by atoms with E-state index in [9.17, 15) is 19.5 Å². The Balaban J connectivity index is 2.07. The van der Waals surface area contributed by atoms with Gasteiger partial charge in [0.1, 0.15) is 6.04 Å². The van der Waals surface area contributed by atoms with E-state index in [1.54, 1.807) is 23.7 Å². The normalized spacial score (nSPS) is 33.9. The summed E-state index contributed by atoms with van der Waals surface area (Å²) in [7, 11) is 1.61. The highest BCUT2D eigenvalue weighted by Gasteiger charge is 2.77. The van der Waals surface area contributed by atoms with E-state index in [0.717, 1.165) is 12.8 Å². The summed E-state index contributed by atoms with van der Waals surface area (Å²) in [6.45, 7) is 16.5. The van der Waals surface area contributed by atoms with Crippen LogP contribution in [0.2, 0.25) is 0 Å². The van der Waals surface area contributed by atoms with E-state index >= 15 is 0 Å². The van der Waals surface area contributed by atoms with Crippen LogP contribution in [0.15, 0.2) is 0 Å². The Kier molecular flexibility index (Phi) is 7.22. The second kappa shape index (κ2) is 8.99. The number of fused-ring (bicyclic) bond motifs is 1. The van der Waals surface area contributed by atoms with Crippen molar-refractivity contribution in [2.75, 3.05) is 13.7 Å². The van der Waals surface area contributed by atoms with Gasteiger partial charge in [-0.15, -0.1) is 11.8 Å². The molecule has 3 saturated heterocycles. The molecule has 8 heteroatoms. The Labute approximate surface area is 209 Å². The average Bonchev–Trinajstić information content (AvgIpc) is 3.24. The van der Waals surface area contributed by atoms with E-state index in [4.69, 9.17) is 0 Å². The Morgan fingerprint density at radius 2 is 1.79 bits per heavy atom. The molecule has 1 spiro atoms. The molecule has 0 aromatic heterocycles. The predicted octanol–water partition coefficient (Wildman–Crippen LogP) is 2.95. The lowest BCUT2D eigenvalue weighted by Gasteiger charge is -2.40. The third-order valence-electron chi connectivity index (χ3n) is 7.77. The standard InChI is InChI=1S/C26H45N3O4S/c1-15(2)12-16(13-30)29-19(21(32)28-24(6,7)14-23(3,4)5)26-11-10-25(8,34-26)17(20(31)27-9)18(26)22(29)33/h15-19,30H,10-14H2,1-9H3,(H,27,31)(H,28,32)/t16-,17+,18+,19?,25-,26?/m1/s1. The molecule has 0 aromatic rings. The highest BCUT2D eigenvalue weighted by molar-refractivity contribution is 8.02. The molecule has 3 amide bonds. The van der Waals surface area contributed by atoms with Gasteiger partial charge in [-0.25, -0.2) is 0 Å². The molecule has 0 aromatic carbocycles. The zero-order valence-electron chi connectivity index (χ0n) is 22.4. The van der Waals surface area contributed by atoms with Crippen LogP contribution in [0.1, 0.15) is 81.1 Å². The number of aliphatic hydroxyl groups is 1. The molecular formula is C26H45N3O4S. The largest absolute Gasteiger partial charge is 0.394 e. The monoisotopic (exact) mass is 495 g/mol. The van der Waals surface area contributed by atoms with E-state index < -0.39 is 34.2 Å². The summed E-state index contributed by atoms with van der Waals surface area (Å²) in [6.07, 6.45) is 2.89. The van der Waals surface area contributed by atoms with Crippen LogP contribution in [0.4, 0.5) is 0 Å². The molecule has 0 aliphatic carbocycles. The molecule has 7 nitrogen and oxygen atoms in total. The second-order valence-electron chi connectivity index (χ2n) is 13.2. The molecule has 0 radical (unpaired) electrons. The van der Waals surface area contributed by atoms with Crippen molar-refractivity contribution in [3.63, 3.8) is 0 Å². The topological polar surface area (TPSA) is 98.7 Å². The number of likely N-dealkylation sites (tertiary alicyclic amines) is 1. The van der Waals surface area contributed by atoms with Gasteiger partial charge in [-0.3, -0.25) is 14.4 Å². The minimum absolute atomic E-state index is 0.0202. The van der Waals surface area contributed by atoms with E-state index in [1.165, 1.54) is 0 Å². The summed E-state index contributed by atoms with van der Waals surface area (Å²) in [5.41, 5.74) is -0.441. The molecule has 0 saturated carbocycles.